The smallest absolute Gasteiger partial charge is 0.407 e. The molecule has 0 bridgehead atoms. The van der Waals surface area contributed by atoms with Crippen molar-refractivity contribution in [2.75, 3.05) is 23.0 Å². The Labute approximate surface area is 245 Å². The average molecular weight is 566 g/mol. The van der Waals surface area contributed by atoms with Gasteiger partial charge in [-0.2, -0.15) is 0 Å². The molecule has 216 valence electrons. The van der Waals surface area contributed by atoms with Crippen LogP contribution in [-0.4, -0.2) is 25.3 Å². The van der Waals surface area contributed by atoms with Crippen LogP contribution >= 0.6 is 0 Å². The first-order chi connectivity index (χ1) is 20.4. The number of alkyl carbamates (subject to hydrolysis) is 2. The molecule has 9 heteroatoms. The van der Waals surface area contributed by atoms with E-state index in [9.17, 15) is 9.59 Å². The fraction of sp³-hybridized carbons (Fsp3) is 0.212. The molecule has 4 aromatic carbocycles. The van der Waals surface area contributed by atoms with Crippen LogP contribution in [-0.2, 0) is 28.4 Å². The molecular formula is C33H35N5O4. The molecule has 9 nitrogen and oxygen atoms in total. The molecule has 5 rings (SSSR count). The van der Waals surface area contributed by atoms with E-state index in [2.05, 4.69) is 38.7 Å². The van der Waals surface area contributed by atoms with E-state index < -0.39 is 17.8 Å². The molecule has 1 aliphatic heterocycles. The van der Waals surface area contributed by atoms with Gasteiger partial charge in [-0.15, -0.1) is 0 Å². The summed E-state index contributed by atoms with van der Waals surface area (Å²) in [7, 11) is 1.53. The summed E-state index contributed by atoms with van der Waals surface area (Å²) in [5.41, 5.74) is 5.98. The van der Waals surface area contributed by atoms with E-state index in [1.165, 1.54) is 7.05 Å². The van der Waals surface area contributed by atoms with E-state index in [-0.39, 0.29) is 19.3 Å². The number of benzene rings is 4. The molecule has 0 atom stereocenters. The molecule has 2 amide bonds. The summed E-state index contributed by atoms with van der Waals surface area (Å²) in [5.74, 6) is 0. The number of rotatable bonds is 9. The highest BCUT2D eigenvalue weighted by atomic mass is 16.6. The Hall–Kier alpha value is -5.18. The summed E-state index contributed by atoms with van der Waals surface area (Å²) in [4.78, 5) is 24.2. The topological polar surface area (TPSA) is 113 Å². The molecule has 0 aromatic heterocycles. The summed E-state index contributed by atoms with van der Waals surface area (Å²) in [6.45, 7) is 3.93. The summed E-state index contributed by atoms with van der Waals surface area (Å²) in [6, 6.07) is 31.6. The third kappa shape index (κ3) is 6.10. The number of hydrogen-bond donors (Lipinski definition) is 5. The second kappa shape index (κ2) is 12.6. The molecule has 1 heterocycles. The first kappa shape index (κ1) is 28.4. The lowest BCUT2D eigenvalue weighted by atomic mass is 9.84. The standard InChI is InChI=1S/C33H35N5O4/c1-22(2)35-32(40)42-21-24-13-5-9-17-28(24)38-33(37-27-16-8-4-12-23(27)20-41-31(39)34-3)25-14-6-10-18-29(25)36-30-19-11-7-15-26(30)33/h4-19,22,36-38H,20-21H2,1-3H3,(H,34,39)(H,35,40). The average Bonchev–Trinajstić information content (AvgIpc) is 3.00. The lowest BCUT2D eigenvalue weighted by Gasteiger charge is -2.44. The zero-order valence-corrected chi connectivity index (χ0v) is 23.9. The minimum atomic E-state index is -0.974. The van der Waals surface area contributed by atoms with E-state index in [0.29, 0.717) is 0 Å². The quantitative estimate of drug-likeness (QED) is 0.144. The predicted molar refractivity (Wildman–Crippen MR) is 165 cm³/mol. The Morgan fingerprint density at radius 1 is 0.690 bits per heavy atom. The molecule has 42 heavy (non-hydrogen) atoms. The monoisotopic (exact) mass is 565 g/mol. The van der Waals surface area contributed by atoms with Crippen molar-refractivity contribution in [2.45, 2.75) is 38.8 Å². The first-order valence-electron chi connectivity index (χ1n) is 13.9. The molecule has 0 spiro atoms. The van der Waals surface area contributed by atoms with Crippen LogP contribution < -0.4 is 26.6 Å². The summed E-state index contributed by atoms with van der Waals surface area (Å²) in [6.07, 6.45) is -0.985. The van der Waals surface area contributed by atoms with E-state index in [1.54, 1.807) is 0 Å². The van der Waals surface area contributed by atoms with Crippen molar-refractivity contribution in [3.8, 4) is 0 Å². The Kier molecular flexibility index (Phi) is 8.47. The van der Waals surface area contributed by atoms with Crippen LogP contribution in [0.2, 0.25) is 0 Å². The van der Waals surface area contributed by atoms with E-state index in [1.807, 2.05) is 98.8 Å². The fourth-order valence-corrected chi connectivity index (χ4v) is 5.01. The number of carbonyl (C=O) groups excluding carboxylic acids is 2. The van der Waals surface area contributed by atoms with Crippen LogP contribution in [0, 0.1) is 0 Å². The van der Waals surface area contributed by atoms with Crippen molar-refractivity contribution in [3.05, 3.63) is 119 Å². The number of amides is 2. The van der Waals surface area contributed by atoms with Crippen LogP contribution in [0.25, 0.3) is 0 Å². The van der Waals surface area contributed by atoms with Crippen molar-refractivity contribution in [1.29, 1.82) is 0 Å². The Morgan fingerprint density at radius 2 is 1.14 bits per heavy atom. The van der Waals surface area contributed by atoms with Crippen molar-refractivity contribution >= 4 is 34.9 Å². The Morgan fingerprint density at radius 3 is 1.64 bits per heavy atom. The molecule has 0 fully saturated rings. The molecule has 0 radical (unpaired) electrons. The van der Waals surface area contributed by atoms with Gasteiger partial charge in [0, 0.05) is 58.1 Å². The zero-order chi connectivity index (χ0) is 29.5. The first-order valence-corrected chi connectivity index (χ1v) is 13.9. The summed E-state index contributed by atoms with van der Waals surface area (Å²) >= 11 is 0. The number of fused-ring (bicyclic) bond motifs is 2. The van der Waals surface area contributed by atoms with Gasteiger partial charge in [-0.05, 0) is 38.1 Å². The normalized spacial score (nSPS) is 12.7. The third-order valence-corrected chi connectivity index (χ3v) is 6.94. The highest BCUT2D eigenvalue weighted by Crippen LogP contribution is 2.47. The van der Waals surface area contributed by atoms with Gasteiger partial charge in [0.25, 0.3) is 0 Å². The molecule has 4 aromatic rings. The van der Waals surface area contributed by atoms with E-state index in [0.717, 1.165) is 45.0 Å². The molecular weight excluding hydrogens is 530 g/mol. The van der Waals surface area contributed by atoms with Gasteiger partial charge in [-0.1, -0.05) is 72.8 Å². The minimum absolute atomic E-state index is 0.0338. The summed E-state index contributed by atoms with van der Waals surface area (Å²) < 4.78 is 11.0. The van der Waals surface area contributed by atoms with Crippen LogP contribution in [0.15, 0.2) is 97.1 Å². The maximum atomic E-state index is 12.3. The molecule has 1 aliphatic rings. The van der Waals surface area contributed by atoms with Gasteiger partial charge < -0.3 is 36.1 Å². The van der Waals surface area contributed by atoms with E-state index >= 15 is 0 Å². The van der Waals surface area contributed by atoms with Gasteiger partial charge in [0.1, 0.15) is 13.2 Å². The van der Waals surface area contributed by atoms with Gasteiger partial charge in [-0.3, -0.25) is 0 Å². The van der Waals surface area contributed by atoms with Crippen molar-refractivity contribution < 1.29 is 19.1 Å². The Bertz CT molecular complexity index is 1530. The zero-order valence-electron chi connectivity index (χ0n) is 23.9. The number of hydrogen-bond acceptors (Lipinski definition) is 7. The van der Waals surface area contributed by atoms with Gasteiger partial charge in [-0.25, -0.2) is 9.59 Å². The SMILES string of the molecule is CNC(=O)OCc1ccccc1NC1(Nc2ccccc2COC(=O)NC(C)C)c2ccccc2Nc2ccccc21. The molecule has 0 saturated heterocycles. The molecule has 5 N–H and O–H groups in total. The summed E-state index contributed by atoms with van der Waals surface area (Å²) in [5, 5.41) is 16.4. The van der Waals surface area contributed by atoms with E-state index in [4.69, 9.17) is 9.47 Å². The minimum Gasteiger partial charge on any atom is -0.445 e. The van der Waals surface area contributed by atoms with Gasteiger partial charge in [0.05, 0.1) is 0 Å². The number of carbonyl (C=O) groups is 2. The van der Waals surface area contributed by atoms with Crippen molar-refractivity contribution in [3.63, 3.8) is 0 Å². The highest BCUT2D eigenvalue weighted by molar-refractivity contribution is 5.81. The second-order valence-corrected chi connectivity index (χ2v) is 10.2. The van der Waals surface area contributed by atoms with Crippen LogP contribution in [0.1, 0.15) is 36.1 Å². The molecule has 0 unspecified atom stereocenters. The maximum absolute atomic E-state index is 12.3. The number of anilines is 4. The van der Waals surface area contributed by atoms with Crippen molar-refractivity contribution in [2.24, 2.45) is 0 Å². The number of nitrogens with one attached hydrogen (secondary N) is 5. The lowest BCUT2D eigenvalue weighted by molar-refractivity contribution is 0.137. The molecule has 0 aliphatic carbocycles. The van der Waals surface area contributed by atoms with Gasteiger partial charge in [0.2, 0.25) is 0 Å². The largest absolute Gasteiger partial charge is 0.445 e. The predicted octanol–water partition coefficient (Wildman–Crippen LogP) is 6.66. The lowest BCUT2D eigenvalue weighted by Crippen LogP contribution is -2.47. The maximum Gasteiger partial charge on any atom is 0.407 e. The number of para-hydroxylation sites is 4. The van der Waals surface area contributed by atoms with Crippen LogP contribution in [0.3, 0.4) is 0 Å². The van der Waals surface area contributed by atoms with Crippen molar-refractivity contribution in [1.82, 2.24) is 10.6 Å². The van der Waals surface area contributed by atoms with Gasteiger partial charge >= 0.3 is 12.2 Å². The molecule has 0 saturated carbocycles. The third-order valence-electron chi connectivity index (χ3n) is 6.94. The number of ether oxygens (including phenoxy) is 2. The van der Waals surface area contributed by atoms with Crippen LogP contribution in [0.5, 0.6) is 0 Å². The van der Waals surface area contributed by atoms with Crippen LogP contribution in [0.4, 0.5) is 32.3 Å². The van der Waals surface area contributed by atoms with Gasteiger partial charge in [0.15, 0.2) is 5.66 Å². The second-order valence-electron chi connectivity index (χ2n) is 10.2. The Balaban J connectivity index is 1.61. The fourth-order valence-electron chi connectivity index (χ4n) is 5.01. The highest BCUT2D eigenvalue weighted by Gasteiger charge is 2.42.